The molecule has 0 aromatic heterocycles. The summed E-state index contributed by atoms with van der Waals surface area (Å²) in [5, 5.41) is 0. The van der Waals surface area contributed by atoms with Gasteiger partial charge in [-0.15, -0.1) is 17.0 Å². The van der Waals surface area contributed by atoms with E-state index in [1.54, 1.807) is 0 Å². The maximum atomic E-state index is 9.89. The van der Waals surface area contributed by atoms with Crippen molar-refractivity contribution in [3.8, 4) is 0 Å². The van der Waals surface area contributed by atoms with Crippen molar-refractivity contribution >= 4 is 23.3 Å². The highest BCUT2D eigenvalue weighted by Gasteiger charge is 1.89. The number of aldehydes is 1. The summed E-state index contributed by atoms with van der Waals surface area (Å²) in [6, 6.07) is 0. The minimum absolute atomic E-state index is 0. The lowest BCUT2D eigenvalue weighted by molar-refractivity contribution is -0.107. The zero-order valence-electron chi connectivity index (χ0n) is 7.38. The van der Waals surface area contributed by atoms with Crippen LogP contribution in [0, 0.1) is 0 Å². The van der Waals surface area contributed by atoms with Crippen molar-refractivity contribution in [1.82, 2.24) is 4.90 Å². The molecule has 0 aliphatic heterocycles. The maximum Gasteiger partial charge on any atom is 0.119 e. The fraction of sp³-hybridized carbons (Fsp3) is 0.875. The number of unbranched alkanes of at least 4 members (excludes halogenated alkanes) is 3. The first kappa shape index (κ1) is 13.7. The number of hydrogen-bond donors (Lipinski definition) is 0. The van der Waals surface area contributed by atoms with Crippen LogP contribution in [0.25, 0.3) is 0 Å². The quantitative estimate of drug-likeness (QED) is 0.507. The van der Waals surface area contributed by atoms with E-state index >= 15 is 0 Å². The van der Waals surface area contributed by atoms with Crippen LogP contribution in [0.2, 0.25) is 0 Å². The summed E-state index contributed by atoms with van der Waals surface area (Å²) in [5.74, 6) is 0. The number of halogens is 1. The molecular weight excluding hydrogens is 206 g/mol. The summed E-state index contributed by atoms with van der Waals surface area (Å²) in [6.45, 7) is 1.14. The molecule has 0 heterocycles. The Morgan fingerprint density at radius 1 is 1.18 bits per heavy atom. The highest BCUT2D eigenvalue weighted by atomic mass is 79.9. The molecule has 2 nitrogen and oxygen atoms in total. The molecule has 0 N–H and O–H groups in total. The first-order chi connectivity index (χ1) is 4.77. The predicted molar refractivity (Wildman–Crippen MR) is 53.4 cm³/mol. The third kappa shape index (κ3) is 13.2. The van der Waals surface area contributed by atoms with Crippen LogP contribution >= 0.6 is 17.0 Å². The van der Waals surface area contributed by atoms with Crippen LogP contribution in [-0.4, -0.2) is 31.8 Å². The van der Waals surface area contributed by atoms with Crippen LogP contribution in [0.1, 0.15) is 25.7 Å². The second-order valence-electron chi connectivity index (χ2n) is 2.82. The highest BCUT2D eigenvalue weighted by Crippen LogP contribution is 1.97. The van der Waals surface area contributed by atoms with Gasteiger partial charge >= 0.3 is 0 Å². The Kier molecular flexibility index (Phi) is 12.6. The van der Waals surface area contributed by atoms with Crippen molar-refractivity contribution in [2.75, 3.05) is 20.6 Å². The highest BCUT2D eigenvalue weighted by molar-refractivity contribution is 8.93. The van der Waals surface area contributed by atoms with E-state index in [0.29, 0.717) is 0 Å². The van der Waals surface area contributed by atoms with E-state index in [1.807, 2.05) is 0 Å². The van der Waals surface area contributed by atoms with E-state index in [1.165, 1.54) is 12.8 Å². The monoisotopic (exact) mass is 223 g/mol. The largest absolute Gasteiger partial charge is 0.309 e. The molecule has 0 radical (unpaired) electrons. The minimum atomic E-state index is 0. The maximum absolute atomic E-state index is 9.89. The Hall–Kier alpha value is 0.110. The van der Waals surface area contributed by atoms with Gasteiger partial charge < -0.3 is 9.69 Å². The standard InChI is InChI=1S/C8H17NO.BrH/c1-9(2)7-5-3-4-6-8-10;/h8H,3-7H2,1-2H3;1H. The molecule has 0 aliphatic rings. The van der Waals surface area contributed by atoms with Gasteiger partial charge in [-0.3, -0.25) is 0 Å². The number of rotatable bonds is 6. The average Bonchev–Trinajstić information content (AvgIpc) is 1.87. The number of hydrogen-bond acceptors (Lipinski definition) is 2. The molecule has 0 aliphatic carbocycles. The summed E-state index contributed by atoms with van der Waals surface area (Å²) in [5.41, 5.74) is 0. The Balaban J connectivity index is 0. The number of nitrogens with zero attached hydrogens (tertiary/aromatic N) is 1. The second kappa shape index (κ2) is 10.1. The van der Waals surface area contributed by atoms with Crippen LogP contribution in [0.5, 0.6) is 0 Å². The molecule has 0 bridgehead atoms. The van der Waals surface area contributed by atoms with Crippen LogP contribution in [0.3, 0.4) is 0 Å². The van der Waals surface area contributed by atoms with Crippen molar-refractivity contribution < 1.29 is 4.79 Å². The molecule has 0 atom stereocenters. The molecule has 0 rings (SSSR count). The topological polar surface area (TPSA) is 20.3 Å². The molecule has 0 aromatic rings. The molecule has 0 fully saturated rings. The van der Waals surface area contributed by atoms with E-state index in [0.717, 1.165) is 25.7 Å². The van der Waals surface area contributed by atoms with E-state index in [9.17, 15) is 4.79 Å². The summed E-state index contributed by atoms with van der Waals surface area (Å²) < 4.78 is 0. The van der Waals surface area contributed by atoms with Gasteiger partial charge in [-0.1, -0.05) is 6.42 Å². The predicted octanol–water partition coefficient (Wildman–Crippen LogP) is 1.89. The Morgan fingerprint density at radius 3 is 2.27 bits per heavy atom. The zero-order valence-corrected chi connectivity index (χ0v) is 9.09. The molecular formula is C8H18BrNO. The van der Waals surface area contributed by atoms with Crippen LogP contribution in [0.4, 0.5) is 0 Å². The van der Waals surface area contributed by atoms with E-state index in [-0.39, 0.29) is 17.0 Å². The van der Waals surface area contributed by atoms with Gasteiger partial charge in [0.25, 0.3) is 0 Å². The molecule has 3 heteroatoms. The van der Waals surface area contributed by atoms with Gasteiger partial charge in [0.1, 0.15) is 6.29 Å². The van der Waals surface area contributed by atoms with Gasteiger partial charge in [0.05, 0.1) is 0 Å². The van der Waals surface area contributed by atoms with E-state index < -0.39 is 0 Å². The Labute approximate surface area is 79.7 Å². The molecule has 0 amide bonds. The molecule has 0 aromatic carbocycles. The molecule has 0 unspecified atom stereocenters. The van der Waals surface area contributed by atoms with Gasteiger partial charge in [-0.2, -0.15) is 0 Å². The summed E-state index contributed by atoms with van der Waals surface area (Å²) in [6.07, 6.45) is 5.16. The molecule has 11 heavy (non-hydrogen) atoms. The van der Waals surface area contributed by atoms with Gasteiger partial charge in [0, 0.05) is 6.42 Å². The average molecular weight is 224 g/mol. The van der Waals surface area contributed by atoms with Crippen LogP contribution in [0.15, 0.2) is 0 Å². The third-order valence-electron chi connectivity index (χ3n) is 1.43. The fourth-order valence-electron chi connectivity index (χ4n) is 0.832. The number of carbonyl (C=O) groups is 1. The van der Waals surface area contributed by atoms with Crippen LogP contribution < -0.4 is 0 Å². The second-order valence-corrected chi connectivity index (χ2v) is 2.82. The molecule has 0 saturated carbocycles. The smallest absolute Gasteiger partial charge is 0.119 e. The van der Waals surface area contributed by atoms with Crippen molar-refractivity contribution in [3.63, 3.8) is 0 Å². The molecule has 0 saturated heterocycles. The van der Waals surface area contributed by atoms with Crippen molar-refractivity contribution in [3.05, 3.63) is 0 Å². The lowest BCUT2D eigenvalue weighted by Gasteiger charge is -2.07. The SMILES string of the molecule is Br.CN(C)CCCCCC=O. The van der Waals surface area contributed by atoms with E-state index in [2.05, 4.69) is 19.0 Å². The number of carbonyl (C=O) groups excluding carboxylic acids is 1. The Bertz CT molecular complexity index is 86.2. The van der Waals surface area contributed by atoms with Gasteiger partial charge in [-0.25, -0.2) is 0 Å². The lowest BCUT2D eigenvalue weighted by Crippen LogP contribution is -2.12. The summed E-state index contributed by atoms with van der Waals surface area (Å²) in [7, 11) is 4.14. The minimum Gasteiger partial charge on any atom is -0.309 e. The lowest BCUT2D eigenvalue weighted by atomic mass is 10.2. The third-order valence-corrected chi connectivity index (χ3v) is 1.43. The Morgan fingerprint density at radius 2 is 1.82 bits per heavy atom. The summed E-state index contributed by atoms with van der Waals surface area (Å²) in [4.78, 5) is 12.1. The molecule has 0 spiro atoms. The van der Waals surface area contributed by atoms with Crippen molar-refractivity contribution in [2.45, 2.75) is 25.7 Å². The van der Waals surface area contributed by atoms with Crippen molar-refractivity contribution in [1.29, 1.82) is 0 Å². The summed E-state index contributed by atoms with van der Waals surface area (Å²) >= 11 is 0. The first-order valence-electron chi connectivity index (χ1n) is 3.85. The van der Waals surface area contributed by atoms with Gasteiger partial charge in [0.15, 0.2) is 0 Å². The van der Waals surface area contributed by atoms with Crippen LogP contribution in [-0.2, 0) is 4.79 Å². The van der Waals surface area contributed by atoms with Crippen molar-refractivity contribution in [2.24, 2.45) is 0 Å². The fourth-order valence-corrected chi connectivity index (χ4v) is 0.832. The molecule has 68 valence electrons. The first-order valence-corrected chi connectivity index (χ1v) is 3.85. The normalized spacial score (nSPS) is 9.36. The zero-order chi connectivity index (χ0) is 7.82. The van der Waals surface area contributed by atoms with E-state index in [4.69, 9.17) is 0 Å². The van der Waals surface area contributed by atoms with Gasteiger partial charge in [-0.05, 0) is 33.5 Å². The van der Waals surface area contributed by atoms with Gasteiger partial charge in [0.2, 0.25) is 0 Å².